The molecule has 2 rings (SSSR count). The molecule has 1 aromatic heterocycles. The molecule has 0 radical (unpaired) electrons. The van der Waals surface area contributed by atoms with Crippen LogP contribution in [0, 0.1) is 0 Å². The lowest BCUT2D eigenvalue weighted by molar-refractivity contribution is 0.0159. The van der Waals surface area contributed by atoms with Gasteiger partial charge in [0.15, 0.2) is 5.82 Å². The number of nitrogens with zero attached hydrogens (tertiary/aromatic N) is 3. The van der Waals surface area contributed by atoms with Gasteiger partial charge in [-0.15, -0.1) is 0 Å². The molecule has 1 aliphatic heterocycles. The highest BCUT2D eigenvalue weighted by Crippen LogP contribution is 2.27. The van der Waals surface area contributed by atoms with Gasteiger partial charge in [-0.05, 0) is 6.42 Å². The molecule has 112 valence electrons. The normalized spacial score (nSPS) is 17.4. The van der Waals surface area contributed by atoms with Gasteiger partial charge in [0.1, 0.15) is 0 Å². The van der Waals surface area contributed by atoms with Crippen LogP contribution in [0.2, 0.25) is 0 Å². The summed E-state index contributed by atoms with van der Waals surface area (Å²) in [6.07, 6.45) is 2.25. The second-order valence-corrected chi connectivity index (χ2v) is 4.77. The summed E-state index contributed by atoms with van der Waals surface area (Å²) >= 11 is 0. The van der Waals surface area contributed by atoms with Crippen LogP contribution in [-0.2, 0) is 11.3 Å². The summed E-state index contributed by atoms with van der Waals surface area (Å²) < 4.78 is 32.6. The van der Waals surface area contributed by atoms with Crippen LogP contribution in [0.15, 0.2) is 12.3 Å². The van der Waals surface area contributed by atoms with Gasteiger partial charge in [-0.3, -0.25) is 10.00 Å². The van der Waals surface area contributed by atoms with Crippen LogP contribution in [0.5, 0.6) is 0 Å². The van der Waals surface area contributed by atoms with Gasteiger partial charge in [0.05, 0.1) is 6.54 Å². The van der Waals surface area contributed by atoms with E-state index in [9.17, 15) is 13.6 Å². The molecule has 1 saturated heterocycles. The zero-order valence-electron chi connectivity index (χ0n) is 11.3. The number of methoxy groups -OCH3 is 1. The number of alkyl halides is 2. The molecule has 0 atom stereocenters. The molecule has 6 nitrogen and oxygen atoms in total. The Labute approximate surface area is 115 Å². The van der Waals surface area contributed by atoms with E-state index in [1.807, 2.05) is 0 Å². The van der Waals surface area contributed by atoms with E-state index in [1.54, 1.807) is 24.1 Å². The summed E-state index contributed by atoms with van der Waals surface area (Å²) in [6.45, 7) is 0.830. The van der Waals surface area contributed by atoms with Gasteiger partial charge >= 0.3 is 6.03 Å². The minimum Gasteiger partial charge on any atom is -0.385 e. The van der Waals surface area contributed by atoms with Crippen molar-refractivity contribution in [3.63, 3.8) is 0 Å². The maximum absolute atomic E-state index is 13.0. The van der Waals surface area contributed by atoms with Crippen molar-refractivity contribution in [2.75, 3.05) is 32.1 Å². The molecular weight excluding hydrogens is 270 g/mol. The van der Waals surface area contributed by atoms with Crippen molar-refractivity contribution < 1.29 is 18.3 Å². The summed E-state index contributed by atoms with van der Waals surface area (Å²) in [5, 5.41) is 6.67. The van der Waals surface area contributed by atoms with E-state index in [1.165, 1.54) is 0 Å². The Morgan fingerprint density at radius 2 is 2.40 bits per heavy atom. The number of ether oxygens (including phenoxy) is 1. The lowest BCUT2D eigenvalue weighted by Crippen LogP contribution is -2.35. The molecule has 0 unspecified atom stereocenters. The molecule has 8 heteroatoms. The standard InChI is InChI=1S/C12H18F2N4O2/c1-20-8-2-5-18-6-3-10(16-18)15-11(19)17-7-4-12(13,14)9-17/h3,6H,2,4-5,7-9H2,1H3,(H,15,16,19). The molecular formula is C12H18F2N4O2. The molecule has 0 aliphatic carbocycles. The van der Waals surface area contributed by atoms with E-state index < -0.39 is 18.5 Å². The third-order valence-corrected chi connectivity index (χ3v) is 3.07. The van der Waals surface area contributed by atoms with E-state index in [-0.39, 0.29) is 13.0 Å². The van der Waals surface area contributed by atoms with Crippen molar-refractivity contribution in [3.8, 4) is 0 Å². The number of rotatable bonds is 5. The Balaban J connectivity index is 1.83. The lowest BCUT2D eigenvalue weighted by atomic mass is 10.3. The van der Waals surface area contributed by atoms with E-state index in [0.717, 1.165) is 11.3 Å². The molecule has 1 N–H and O–H groups in total. The summed E-state index contributed by atoms with van der Waals surface area (Å²) in [7, 11) is 1.63. The van der Waals surface area contributed by atoms with E-state index in [0.29, 0.717) is 19.0 Å². The SMILES string of the molecule is COCCCn1ccc(NC(=O)N2CCC(F)(F)C2)n1. The summed E-state index contributed by atoms with van der Waals surface area (Å²) in [5.41, 5.74) is 0. The first-order valence-corrected chi connectivity index (χ1v) is 6.46. The maximum Gasteiger partial charge on any atom is 0.323 e. The first-order chi connectivity index (χ1) is 9.50. The molecule has 0 aromatic carbocycles. The highest BCUT2D eigenvalue weighted by atomic mass is 19.3. The third-order valence-electron chi connectivity index (χ3n) is 3.07. The van der Waals surface area contributed by atoms with Crippen molar-refractivity contribution in [1.29, 1.82) is 0 Å². The Bertz CT molecular complexity index is 464. The smallest absolute Gasteiger partial charge is 0.323 e. The number of aromatic nitrogens is 2. The quantitative estimate of drug-likeness (QED) is 0.840. The third kappa shape index (κ3) is 3.89. The van der Waals surface area contributed by atoms with Gasteiger partial charge in [-0.1, -0.05) is 0 Å². The molecule has 2 amide bonds. The lowest BCUT2D eigenvalue weighted by Gasteiger charge is -2.15. The number of halogens is 2. The van der Waals surface area contributed by atoms with Crippen LogP contribution in [0.1, 0.15) is 12.8 Å². The number of aryl methyl sites for hydroxylation is 1. The van der Waals surface area contributed by atoms with E-state index in [2.05, 4.69) is 10.4 Å². The number of carbonyl (C=O) groups is 1. The van der Waals surface area contributed by atoms with Crippen LogP contribution in [0.3, 0.4) is 0 Å². The van der Waals surface area contributed by atoms with Crippen LogP contribution in [0.25, 0.3) is 0 Å². The summed E-state index contributed by atoms with van der Waals surface area (Å²) in [5.74, 6) is -2.42. The first kappa shape index (κ1) is 14.7. The van der Waals surface area contributed by atoms with Crippen molar-refractivity contribution >= 4 is 11.8 Å². The fraction of sp³-hybridized carbons (Fsp3) is 0.667. The fourth-order valence-corrected chi connectivity index (χ4v) is 2.02. The van der Waals surface area contributed by atoms with Gasteiger partial charge in [-0.25, -0.2) is 13.6 Å². The molecule has 0 saturated carbocycles. The minimum absolute atomic E-state index is 0.0629. The number of anilines is 1. The number of carbonyl (C=O) groups excluding carboxylic acids is 1. The topological polar surface area (TPSA) is 59.4 Å². The number of hydrogen-bond donors (Lipinski definition) is 1. The predicted octanol–water partition coefficient (Wildman–Crippen LogP) is 1.79. The van der Waals surface area contributed by atoms with E-state index in [4.69, 9.17) is 4.74 Å². The zero-order chi connectivity index (χ0) is 14.6. The monoisotopic (exact) mass is 288 g/mol. The van der Waals surface area contributed by atoms with Crippen LogP contribution < -0.4 is 5.32 Å². The Morgan fingerprint density at radius 3 is 3.05 bits per heavy atom. The molecule has 0 spiro atoms. The Morgan fingerprint density at radius 1 is 1.60 bits per heavy atom. The van der Waals surface area contributed by atoms with Crippen molar-refractivity contribution in [2.45, 2.75) is 25.3 Å². The average Bonchev–Trinajstić information content (AvgIpc) is 2.96. The van der Waals surface area contributed by atoms with Gasteiger partial charge in [0, 0.05) is 45.5 Å². The molecule has 1 aliphatic rings. The molecule has 0 bridgehead atoms. The van der Waals surface area contributed by atoms with Gasteiger partial charge < -0.3 is 9.64 Å². The van der Waals surface area contributed by atoms with Gasteiger partial charge in [-0.2, -0.15) is 5.10 Å². The Hall–Kier alpha value is -1.70. The minimum atomic E-state index is -2.78. The maximum atomic E-state index is 13.0. The van der Waals surface area contributed by atoms with Crippen LogP contribution >= 0.6 is 0 Å². The number of urea groups is 1. The average molecular weight is 288 g/mol. The number of amides is 2. The van der Waals surface area contributed by atoms with Crippen molar-refractivity contribution in [3.05, 3.63) is 12.3 Å². The van der Waals surface area contributed by atoms with Crippen molar-refractivity contribution in [1.82, 2.24) is 14.7 Å². The number of hydrogen-bond acceptors (Lipinski definition) is 3. The van der Waals surface area contributed by atoms with Crippen molar-refractivity contribution in [2.24, 2.45) is 0 Å². The summed E-state index contributed by atoms with van der Waals surface area (Å²) in [4.78, 5) is 12.9. The first-order valence-electron chi connectivity index (χ1n) is 6.46. The second-order valence-electron chi connectivity index (χ2n) is 4.77. The summed E-state index contributed by atoms with van der Waals surface area (Å²) in [6, 6.07) is 1.10. The van der Waals surface area contributed by atoms with Gasteiger partial charge in [0.2, 0.25) is 0 Å². The fourth-order valence-electron chi connectivity index (χ4n) is 2.02. The van der Waals surface area contributed by atoms with Crippen LogP contribution in [-0.4, -0.2) is 53.4 Å². The molecule has 20 heavy (non-hydrogen) atoms. The molecule has 1 fully saturated rings. The molecule has 2 heterocycles. The molecule has 1 aromatic rings. The predicted molar refractivity (Wildman–Crippen MR) is 68.9 cm³/mol. The largest absolute Gasteiger partial charge is 0.385 e. The zero-order valence-corrected chi connectivity index (χ0v) is 11.3. The second kappa shape index (κ2) is 6.17. The van der Waals surface area contributed by atoms with Gasteiger partial charge in [0.25, 0.3) is 5.92 Å². The van der Waals surface area contributed by atoms with E-state index >= 15 is 0 Å². The van der Waals surface area contributed by atoms with Crippen LogP contribution in [0.4, 0.5) is 19.4 Å². The highest BCUT2D eigenvalue weighted by molar-refractivity contribution is 5.88. The number of likely N-dealkylation sites (tertiary alicyclic amines) is 1. The highest BCUT2D eigenvalue weighted by Gasteiger charge is 2.40. The number of nitrogens with one attached hydrogen (secondary N) is 1. The Kier molecular flexibility index (Phi) is 4.53.